The summed E-state index contributed by atoms with van der Waals surface area (Å²) < 4.78 is 4.50. The molecule has 0 aromatic carbocycles. The topological polar surface area (TPSA) is 48.6 Å². The third-order valence-corrected chi connectivity index (χ3v) is 0.749. The van der Waals surface area contributed by atoms with Gasteiger partial charge in [0.15, 0.2) is 0 Å². The molecule has 0 aromatic heterocycles. The van der Waals surface area contributed by atoms with Gasteiger partial charge in [-0.15, -0.1) is 0 Å². The molecule has 0 fully saturated rings. The van der Waals surface area contributed by atoms with Gasteiger partial charge in [0.05, 0.1) is 12.2 Å². The van der Waals surface area contributed by atoms with Crippen molar-refractivity contribution in [3.05, 3.63) is 11.0 Å². The largest absolute Gasteiger partial charge is 0.763 e. The highest BCUT2D eigenvalue weighted by Crippen LogP contribution is 1.89. The molecule has 0 aliphatic carbocycles. The van der Waals surface area contributed by atoms with E-state index in [-0.39, 0.29) is 5.57 Å². The predicted molar refractivity (Wildman–Crippen MR) is 34.2 cm³/mol. The predicted octanol–water partition coefficient (Wildman–Crippen LogP) is 0.735. The van der Waals surface area contributed by atoms with Crippen LogP contribution in [0.4, 0.5) is 0 Å². The van der Waals surface area contributed by atoms with Crippen LogP contribution in [0.25, 0.3) is 5.41 Å². The minimum absolute atomic E-state index is 0.0943. The molecule has 0 heterocycles. The van der Waals surface area contributed by atoms with E-state index in [2.05, 4.69) is 4.74 Å². The molecule has 0 aliphatic heterocycles. The molecule has 0 N–H and O–H groups in total. The molecule has 3 nitrogen and oxygen atoms in total. The number of nitrogens with zero attached hydrogens (tertiary/aromatic N) is 1. The summed E-state index contributed by atoms with van der Waals surface area (Å²) in [6.45, 7) is 3.44. The van der Waals surface area contributed by atoms with Crippen LogP contribution in [-0.4, -0.2) is 18.4 Å². The Balaban J connectivity index is 3.89. The third kappa shape index (κ3) is 2.67. The van der Waals surface area contributed by atoms with Crippen molar-refractivity contribution in [3.63, 3.8) is 0 Å². The Labute approximate surface area is 53.8 Å². The molecule has 50 valence electrons. The highest BCUT2D eigenvalue weighted by Gasteiger charge is 1.99. The molecule has 0 radical (unpaired) electrons. The minimum Gasteiger partial charge on any atom is -0.763 e. The minimum atomic E-state index is -0.528. The highest BCUT2D eigenvalue weighted by molar-refractivity contribution is 5.97. The Morgan fingerprint density at radius 1 is 1.78 bits per heavy atom. The maximum absolute atomic E-state index is 10.5. The van der Waals surface area contributed by atoms with E-state index in [1.165, 1.54) is 6.92 Å². The summed E-state index contributed by atoms with van der Waals surface area (Å²) >= 11 is 0. The quantitative estimate of drug-likeness (QED) is 0.311. The molecule has 0 aromatic rings. The number of ether oxygens (including phenoxy) is 1. The van der Waals surface area contributed by atoms with E-state index in [1.54, 1.807) is 12.8 Å². The molecule has 0 atom stereocenters. The van der Waals surface area contributed by atoms with Gasteiger partial charge in [0, 0.05) is 0 Å². The van der Waals surface area contributed by atoms with Crippen molar-refractivity contribution in [2.45, 2.75) is 13.8 Å². The second-order valence-corrected chi connectivity index (χ2v) is 1.46. The number of hydrogen-bond donors (Lipinski definition) is 0. The molecule has 0 amide bonds. The van der Waals surface area contributed by atoms with Crippen molar-refractivity contribution < 1.29 is 9.53 Å². The van der Waals surface area contributed by atoms with Gasteiger partial charge in [-0.1, -0.05) is 0 Å². The maximum atomic E-state index is 10.5. The molecule has 0 aliphatic rings. The van der Waals surface area contributed by atoms with Crippen molar-refractivity contribution in [1.82, 2.24) is 0 Å². The van der Waals surface area contributed by atoms with Gasteiger partial charge in [-0.05, 0) is 13.8 Å². The number of esters is 1. The van der Waals surface area contributed by atoms with Crippen LogP contribution in [0.2, 0.25) is 0 Å². The Hall–Kier alpha value is -1.08. The molecule has 0 saturated heterocycles. The van der Waals surface area contributed by atoms with Crippen LogP contribution in [0.15, 0.2) is 5.57 Å². The highest BCUT2D eigenvalue weighted by atomic mass is 16.5. The molecule has 0 unspecified atom stereocenters. The van der Waals surface area contributed by atoms with Crippen LogP contribution in [0.3, 0.4) is 0 Å². The summed E-state index contributed by atoms with van der Waals surface area (Å²) in [5.74, 6) is 1.16. The Morgan fingerprint density at radius 2 is 2.33 bits per heavy atom. The molecule has 0 saturated carbocycles. The monoisotopic (exact) mass is 126 g/mol. The standard InChI is InChI=1S/C6H8NO2/c1-3-9-6(8)5(2)4-7/h3H2,1-2H3/q-1. The second kappa shape index (κ2) is 3.87. The first-order chi connectivity index (χ1) is 4.22. The average molecular weight is 126 g/mol. The first-order valence-electron chi connectivity index (χ1n) is 2.63. The van der Waals surface area contributed by atoms with E-state index in [1.807, 2.05) is 0 Å². The normalized spacial score (nSPS) is 7.78. The zero-order valence-corrected chi connectivity index (χ0v) is 5.47. The van der Waals surface area contributed by atoms with E-state index in [4.69, 9.17) is 5.41 Å². The van der Waals surface area contributed by atoms with Gasteiger partial charge in [-0.3, -0.25) is 5.87 Å². The summed E-state index contributed by atoms with van der Waals surface area (Å²) in [4.78, 5) is 10.5. The molecular weight excluding hydrogens is 118 g/mol. The fourth-order valence-corrected chi connectivity index (χ4v) is 0.285. The summed E-state index contributed by atoms with van der Waals surface area (Å²) in [6, 6.07) is 0. The lowest BCUT2D eigenvalue weighted by Crippen LogP contribution is -2.04. The van der Waals surface area contributed by atoms with Crippen LogP contribution in [0, 0.1) is 0 Å². The molecule has 9 heavy (non-hydrogen) atoms. The Bertz CT molecular complexity index is 156. The maximum Gasteiger partial charge on any atom is 0.339 e. The summed E-state index contributed by atoms with van der Waals surface area (Å²) in [7, 11) is 0. The smallest absolute Gasteiger partial charge is 0.339 e. The number of rotatable bonds is 2. The van der Waals surface area contributed by atoms with Gasteiger partial charge in [-0.2, -0.15) is 0 Å². The zero-order chi connectivity index (χ0) is 7.28. The van der Waals surface area contributed by atoms with Crippen molar-refractivity contribution in [2.75, 3.05) is 6.61 Å². The molecule has 0 rings (SSSR count). The SMILES string of the molecule is CCOC(=O)C(C)=C=[N-]. The van der Waals surface area contributed by atoms with E-state index >= 15 is 0 Å². The first kappa shape index (κ1) is 7.92. The average Bonchev–Trinajstić information content (AvgIpc) is 1.87. The van der Waals surface area contributed by atoms with Crippen molar-refractivity contribution in [1.29, 1.82) is 0 Å². The number of carbonyl (C=O) groups excluding carboxylic acids is 1. The van der Waals surface area contributed by atoms with Crippen molar-refractivity contribution in [3.8, 4) is 0 Å². The van der Waals surface area contributed by atoms with E-state index in [0.29, 0.717) is 6.61 Å². The number of carbonyl (C=O) groups is 1. The van der Waals surface area contributed by atoms with Gasteiger partial charge in [0.25, 0.3) is 0 Å². The fourth-order valence-electron chi connectivity index (χ4n) is 0.285. The second-order valence-electron chi connectivity index (χ2n) is 1.46. The summed E-state index contributed by atoms with van der Waals surface area (Å²) in [5, 5.41) is 8.14. The van der Waals surface area contributed by atoms with Gasteiger partial charge in [0.1, 0.15) is 0 Å². The molecule has 3 heteroatoms. The fraction of sp³-hybridized carbons (Fsp3) is 0.500. The Morgan fingerprint density at radius 3 is 2.67 bits per heavy atom. The lowest BCUT2D eigenvalue weighted by molar-refractivity contribution is -0.138. The van der Waals surface area contributed by atoms with E-state index < -0.39 is 5.97 Å². The van der Waals surface area contributed by atoms with Crippen LogP contribution >= 0.6 is 0 Å². The number of hydrogen-bond acceptors (Lipinski definition) is 2. The molecule has 0 bridgehead atoms. The van der Waals surface area contributed by atoms with Crippen molar-refractivity contribution in [2.24, 2.45) is 0 Å². The van der Waals surface area contributed by atoms with Gasteiger partial charge >= 0.3 is 5.97 Å². The van der Waals surface area contributed by atoms with E-state index in [9.17, 15) is 4.79 Å². The first-order valence-corrected chi connectivity index (χ1v) is 2.63. The van der Waals surface area contributed by atoms with E-state index in [0.717, 1.165) is 0 Å². The summed E-state index contributed by atoms with van der Waals surface area (Å²) in [6.07, 6.45) is 0. The van der Waals surface area contributed by atoms with Gasteiger partial charge < -0.3 is 10.1 Å². The van der Waals surface area contributed by atoms with Gasteiger partial charge in [0.2, 0.25) is 0 Å². The summed E-state index contributed by atoms with van der Waals surface area (Å²) in [5.41, 5.74) is 0.0943. The third-order valence-electron chi connectivity index (χ3n) is 0.749. The lowest BCUT2D eigenvalue weighted by atomic mass is 10.3. The van der Waals surface area contributed by atoms with Gasteiger partial charge in [-0.25, -0.2) is 4.79 Å². The van der Waals surface area contributed by atoms with Crippen LogP contribution in [0.5, 0.6) is 0 Å². The van der Waals surface area contributed by atoms with Crippen LogP contribution in [-0.2, 0) is 9.53 Å². The lowest BCUT2D eigenvalue weighted by Gasteiger charge is -1.98. The van der Waals surface area contributed by atoms with Crippen LogP contribution < -0.4 is 0 Å². The molecular formula is C6H8NO2-. The zero-order valence-electron chi connectivity index (χ0n) is 5.47. The molecule has 0 spiro atoms. The van der Waals surface area contributed by atoms with Crippen LogP contribution in [0.1, 0.15) is 13.8 Å². The Kier molecular flexibility index (Phi) is 3.40. The van der Waals surface area contributed by atoms with Crippen molar-refractivity contribution >= 4 is 11.8 Å².